The summed E-state index contributed by atoms with van der Waals surface area (Å²) in [5.41, 5.74) is 0.997. The monoisotopic (exact) mass is 276 g/mol. The average Bonchev–Trinajstić information content (AvgIpc) is 2.47. The van der Waals surface area contributed by atoms with Gasteiger partial charge >= 0.3 is 6.01 Å². The maximum atomic E-state index is 5.31. The lowest BCUT2D eigenvalue weighted by atomic mass is 10.2. The molecule has 0 saturated heterocycles. The van der Waals surface area contributed by atoms with Crippen molar-refractivity contribution < 1.29 is 9.47 Å². The summed E-state index contributed by atoms with van der Waals surface area (Å²) in [4.78, 5) is 9.75. The SMILES string of the molecule is CCc1c(OC)nc(OC)nc1Sc1ccccc1. The average molecular weight is 276 g/mol. The molecule has 0 radical (unpaired) electrons. The number of methoxy groups -OCH3 is 2. The molecule has 19 heavy (non-hydrogen) atoms. The molecule has 1 aromatic heterocycles. The van der Waals surface area contributed by atoms with E-state index in [0.29, 0.717) is 11.9 Å². The first kappa shape index (κ1) is 13.7. The van der Waals surface area contributed by atoms with Gasteiger partial charge in [-0.3, -0.25) is 0 Å². The van der Waals surface area contributed by atoms with Gasteiger partial charge in [0.1, 0.15) is 5.03 Å². The molecule has 0 aliphatic carbocycles. The van der Waals surface area contributed by atoms with Crippen molar-refractivity contribution in [3.05, 3.63) is 35.9 Å². The predicted molar refractivity (Wildman–Crippen MR) is 75.1 cm³/mol. The number of ether oxygens (including phenoxy) is 2. The molecule has 1 aromatic carbocycles. The Kier molecular flexibility index (Phi) is 4.63. The molecule has 0 spiro atoms. The summed E-state index contributed by atoms with van der Waals surface area (Å²) in [7, 11) is 3.16. The predicted octanol–water partition coefficient (Wildman–Crippen LogP) is 3.21. The zero-order valence-corrected chi connectivity index (χ0v) is 12.0. The normalized spacial score (nSPS) is 10.3. The van der Waals surface area contributed by atoms with E-state index in [-0.39, 0.29) is 0 Å². The van der Waals surface area contributed by atoms with Gasteiger partial charge in [-0.25, -0.2) is 0 Å². The summed E-state index contributed by atoms with van der Waals surface area (Å²) in [6.07, 6.45) is 0.808. The van der Waals surface area contributed by atoms with E-state index in [2.05, 4.69) is 16.9 Å². The zero-order chi connectivity index (χ0) is 13.7. The van der Waals surface area contributed by atoms with E-state index in [0.717, 1.165) is 21.9 Å². The summed E-state index contributed by atoms with van der Waals surface area (Å²) in [5, 5.41) is 0.873. The third kappa shape index (κ3) is 3.17. The van der Waals surface area contributed by atoms with Crippen molar-refractivity contribution in [1.82, 2.24) is 9.97 Å². The third-order valence-electron chi connectivity index (χ3n) is 2.60. The molecule has 1 heterocycles. The molecule has 5 heteroatoms. The van der Waals surface area contributed by atoms with Gasteiger partial charge in [-0.05, 0) is 18.6 Å². The van der Waals surface area contributed by atoms with Crippen LogP contribution in [-0.2, 0) is 6.42 Å². The van der Waals surface area contributed by atoms with Gasteiger partial charge < -0.3 is 9.47 Å². The van der Waals surface area contributed by atoms with Gasteiger partial charge in [0.25, 0.3) is 0 Å². The maximum Gasteiger partial charge on any atom is 0.320 e. The van der Waals surface area contributed by atoms with Crippen LogP contribution in [0.4, 0.5) is 0 Å². The first-order valence-electron chi connectivity index (χ1n) is 6.00. The van der Waals surface area contributed by atoms with Crippen molar-refractivity contribution in [2.75, 3.05) is 14.2 Å². The van der Waals surface area contributed by atoms with Crippen molar-refractivity contribution in [3.8, 4) is 11.9 Å². The van der Waals surface area contributed by atoms with Crippen molar-refractivity contribution in [3.63, 3.8) is 0 Å². The van der Waals surface area contributed by atoms with Crippen LogP contribution in [0.15, 0.2) is 40.3 Å². The van der Waals surface area contributed by atoms with Crippen LogP contribution in [0, 0.1) is 0 Å². The summed E-state index contributed by atoms with van der Waals surface area (Å²) in [5.74, 6) is 0.577. The second-order valence-electron chi connectivity index (χ2n) is 3.77. The molecule has 2 aromatic rings. The van der Waals surface area contributed by atoms with Crippen LogP contribution in [-0.4, -0.2) is 24.2 Å². The van der Waals surface area contributed by atoms with Crippen LogP contribution in [0.25, 0.3) is 0 Å². The molecule has 0 unspecified atom stereocenters. The highest BCUT2D eigenvalue weighted by Crippen LogP contribution is 2.34. The van der Waals surface area contributed by atoms with Crippen molar-refractivity contribution in [1.29, 1.82) is 0 Å². The van der Waals surface area contributed by atoms with Crippen molar-refractivity contribution >= 4 is 11.8 Å². The molecule has 0 atom stereocenters. The van der Waals surface area contributed by atoms with Gasteiger partial charge in [0.05, 0.1) is 14.2 Å². The van der Waals surface area contributed by atoms with E-state index in [1.165, 1.54) is 0 Å². The topological polar surface area (TPSA) is 44.2 Å². The standard InChI is InChI=1S/C14H16N2O2S/c1-4-11-12(17-2)15-14(18-3)16-13(11)19-10-8-6-5-7-9-10/h5-9H,4H2,1-3H3. The highest BCUT2D eigenvalue weighted by atomic mass is 32.2. The Morgan fingerprint density at radius 3 is 2.37 bits per heavy atom. The van der Waals surface area contributed by atoms with Gasteiger partial charge in [0.15, 0.2) is 0 Å². The Hall–Kier alpha value is -1.75. The second kappa shape index (κ2) is 6.43. The summed E-state index contributed by atoms with van der Waals surface area (Å²) < 4.78 is 10.4. The molecule has 0 amide bonds. The van der Waals surface area contributed by atoms with E-state index in [1.807, 2.05) is 30.3 Å². The minimum atomic E-state index is 0.326. The van der Waals surface area contributed by atoms with Crippen LogP contribution >= 0.6 is 11.8 Å². The molecule has 0 bridgehead atoms. The Labute approximate surface area is 117 Å². The fourth-order valence-electron chi connectivity index (χ4n) is 1.67. The molecular formula is C14H16N2O2S. The number of hydrogen-bond donors (Lipinski definition) is 0. The van der Waals surface area contributed by atoms with Crippen LogP contribution in [0.5, 0.6) is 11.9 Å². The Morgan fingerprint density at radius 2 is 1.79 bits per heavy atom. The first-order valence-corrected chi connectivity index (χ1v) is 6.82. The third-order valence-corrected chi connectivity index (χ3v) is 3.64. The number of aromatic nitrogens is 2. The smallest absolute Gasteiger partial charge is 0.320 e. The minimum absolute atomic E-state index is 0.326. The maximum absolute atomic E-state index is 5.31. The minimum Gasteiger partial charge on any atom is -0.481 e. The molecular weight excluding hydrogens is 260 g/mol. The van der Waals surface area contributed by atoms with Gasteiger partial charge in [-0.2, -0.15) is 9.97 Å². The number of benzene rings is 1. The van der Waals surface area contributed by atoms with Crippen LogP contribution in [0.2, 0.25) is 0 Å². The Balaban J connectivity index is 2.42. The molecule has 0 fully saturated rings. The Bertz CT molecular complexity index is 547. The summed E-state index contributed by atoms with van der Waals surface area (Å²) in [6.45, 7) is 2.06. The fraction of sp³-hybridized carbons (Fsp3) is 0.286. The largest absolute Gasteiger partial charge is 0.481 e. The van der Waals surface area contributed by atoms with Crippen molar-refractivity contribution in [2.24, 2.45) is 0 Å². The molecule has 4 nitrogen and oxygen atoms in total. The molecule has 0 aliphatic rings. The second-order valence-corrected chi connectivity index (χ2v) is 4.83. The van der Waals surface area contributed by atoms with Gasteiger partial charge in [-0.1, -0.05) is 36.9 Å². The molecule has 0 N–H and O–H groups in total. The van der Waals surface area contributed by atoms with E-state index in [4.69, 9.17) is 9.47 Å². The molecule has 0 aliphatic heterocycles. The van der Waals surface area contributed by atoms with Gasteiger partial charge in [-0.15, -0.1) is 0 Å². The fourth-order valence-corrected chi connectivity index (χ4v) is 2.67. The van der Waals surface area contributed by atoms with Crippen LogP contribution in [0.1, 0.15) is 12.5 Å². The Morgan fingerprint density at radius 1 is 1.05 bits per heavy atom. The molecule has 0 saturated carbocycles. The highest BCUT2D eigenvalue weighted by molar-refractivity contribution is 7.99. The van der Waals surface area contributed by atoms with Crippen LogP contribution < -0.4 is 9.47 Å². The quantitative estimate of drug-likeness (QED) is 0.785. The molecule has 2 rings (SSSR count). The number of hydrogen-bond acceptors (Lipinski definition) is 5. The lowest BCUT2D eigenvalue weighted by Gasteiger charge is -2.11. The lowest BCUT2D eigenvalue weighted by Crippen LogP contribution is -2.02. The van der Waals surface area contributed by atoms with Gasteiger partial charge in [0, 0.05) is 10.5 Å². The summed E-state index contributed by atoms with van der Waals surface area (Å²) >= 11 is 1.59. The first-order chi connectivity index (χ1) is 9.28. The summed E-state index contributed by atoms with van der Waals surface area (Å²) in [6, 6.07) is 10.4. The van der Waals surface area contributed by atoms with E-state index >= 15 is 0 Å². The highest BCUT2D eigenvalue weighted by Gasteiger charge is 2.15. The number of rotatable bonds is 5. The number of nitrogens with zero attached hydrogens (tertiary/aromatic N) is 2. The van der Waals surface area contributed by atoms with E-state index in [9.17, 15) is 0 Å². The van der Waals surface area contributed by atoms with Crippen LogP contribution in [0.3, 0.4) is 0 Å². The lowest BCUT2D eigenvalue weighted by molar-refractivity contribution is 0.344. The van der Waals surface area contributed by atoms with E-state index < -0.39 is 0 Å². The van der Waals surface area contributed by atoms with Gasteiger partial charge in [0.2, 0.25) is 5.88 Å². The molecule has 100 valence electrons. The zero-order valence-electron chi connectivity index (χ0n) is 11.2. The van der Waals surface area contributed by atoms with E-state index in [1.54, 1.807) is 26.0 Å². The van der Waals surface area contributed by atoms with Crippen molar-refractivity contribution in [2.45, 2.75) is 23.3 Å².